The maximum absolute atomic E-state index is 12.8. The van der Waals surface area contributed by atoms with Gasteiger partial charge in [-0.05, 0) is 48.5 Å². The Kier molecular flexibility index (Phi) is 5.54. The van der Waals surface area contributed by atoms with Crippen LogP contribution in [-0.4, -0.2) is 30.8 Å². The van der Waals surface area contributed by atoms with Crippen molar-refractivity contribution in [1.29, 1.82) is 0 Å². The quantitative estimate of drug-likeness (QED) is 0.408. The van der Waals surface area contributed by atoms with Crippen molar-refractivity contribution in [1.82, 2.24) is 14.7 Å². The summed E-state index contributed by atoms with van der Waals surface area (Å²) in [5, 5.41) is 2.87. The Hall–Kier alpha value is -3.93. The monoisotopic (exact) mass is 430 g/mol. The van der Waals surface area contributed by atoms with Gasteiger partial charge in [-0.25, -0.2) is 13.4 Å². The van der Waals surface area contributed by atoms with Crippen molar-refractivity contribution in [3.63, 3.8) is 0 Å². The molecule has 0 unspecified atom stereocenters. The first kappa shape index (κ1) is 20.3. The van der Waals surface area contributed by atoms with Gasteiger partial charge in [0.05, 0.1) is 28.2 Å². The summed E-state index contributed by atoms with van der Waals surface area (Å²) in [5.74, 6) is 2.48. The van der Waals surface area contributed by atoms with E-state index in [-0.39, 0.29) is 17.3 Å². The summed E-state index contributed by atoms with van der Waals surface area (Å²) in [6.07, 6.45) is 5.09. The molecule has 0 aliphatic carbocycles. The smallest absolute Gasteiger partial charge is 0.255 e. The molecule has 4 rings (SSSR count). The third kappa shape index (κ3) is 4.33. The standard InChI is InChI=1S/C23H18N4O3S/c1-2-15-24-31(29,30)17-13-11-16(12-14-17)23(28)27-19-8-4-3-7-18(19)22-25-20-9-5-6-10-21(20)26-22/h1,3-14,24H,15H2,(H,25,26)(H,27,28). The lowest BCUT2D eigenvalue weighted by molar-refractivity contribution is 0.102. The third-order valence-corrected chi connectivity index (χ3v) is 6.03. The number of aromatic nitrogens is 2. The topological polar surface area (TPSA) is 104 Å². The molecule has 8 heteroatoms. The Bertz CT molecular complexity index is 1370. The molecule has 3 aromatic carbocycles. The fraction of sp³-hybridized carbons (Fsp3) is 0.0435. The van der Waals surface area contributed by atoms with Crippen LogP contribution in [0.5, 0.6) is 0 Å². The Labute approximate surface area is 179 Å². The van der Waals surface area contributed by atoms with Crippen molar-refractivity contribution in [2.45, 2.75) is 4.90 Å². The molecule has 154 valence electrons. The fourth-order valence-electron chi connectivity index (χ4n) is 3.08. The first-order chi connectivity index (χ1) is 15.0. The van der Waals surface area contributed by atoms with Gasteiger partial charge in [0.15, 0.2) is 0 Å². The van der Waals surface area contributed by atoms with Crippen LogP contribution in [0.4, 0.5) is 5.69 Å². The van der Waals surface area contributed by atoms with Crippen LogP contribution in [0.2, 0.25) is 0 Å². The van der Waals surface area contributed by atoms with Crippen LogP contribution < -0.4 is 10.0 Å². The third-order valence-electron chi connectivity index (χ3n) is 4.61. The molecule has 0 fully saturated rings. The highest BCUT2D eigenvalue weighted by molar-refractivity contribution is 7.89. The number of carbonyl (C=O) groups excluding carboxylic acids is 1. The van der Waals surface area contributed by atoms with Crippen LogP contribution in [0.3, 0.4) is 0 Å². The first-order valence-corrected chi connectivity index (χ1v) is 10.8. The lowest BCUT2D eigenvalue weighted by atomic mass is 10.1. The number of amides is 1. The van der Waals surface area contributed by atoms with Crippen LogP contribution in [0.1, 0.15) is 10.4 Å². The van der Waals surface area contributed by atoms with Crippen molar-refractivity contribution < 1.29 is 13.2 Å². The molecule has 0 atom stereocenters. The molecule has 1 aromatic heterocycles. The van der Waals surface area contributed by atoms with E-state index in [4.69, 9.17) is 6.42 Å². The summed E-state index contributed by atoms with van der Waals surface area (Å²) >= 11 is 0. The van der Waals surface area contributed by atoms with E-state index in [0.29, 0.717) is 17.1 Å². The molecule has 7 nitrogen and oxygen atoms in total. The molecule has 0 bridgehead atoms. The molecular weight excluding hydrogens is 412 g/mol. The average Bonchev–Trinajstić information content (AvgIpc) is 3.22. The highest BCUT2D eigenvalue weighted by Gasteiger charge is 2.16. The second kappa shape index (κ2) is 8.44. The zero-order valence-electron chi connectivity index (χ0n) is 16.3. The van der Waals surface area contributed by atoms with E-state index in [9.17, 15) is 13.2 Å². The number of nitrogens with one attached hydrogen (secondary N) is 3. The Morgan fingerprint density at radius 1 is 1.00 bits per heavy atom. The van der Waals surface area contributed by atoms with Crippen molar-refractivity contribution in [2.24, 2.45) is 0 Å². The summed E-state index contributed by atoms with van der Waals surface area (Å²) in [7, 11) is -3.72. The van der Waals surface area contributed by atoms with Gasteiger partial charge < -0.3 is 10.3 Å². The lowest BCUT2D eigenvalue weighted by Crippen LogP contribution is -2.24. The van der Waals surface area contributed by atoms with Crippen LogP contribution >= 0.6 is 0 Å². The van der Waals surface area contributed by atoms with Crippen LogP contribution in [0, 0.1) is 12.3 Å². The van der Waals surface area contributed by atoms with E-state index in [1.165, 1.54) is 24.3 Å². The van der Waals surface area contributed by atoms with Crippen molar-refractivity contribution >= 4 is 32.7 Å². The molecule has 31 heavy (non-hydrogen) atoms. The van der Waals surface area contributed by atoms with Crippen molar-refractivity contribution in [2.75, 3.05) is 11.9 Å². The normalized spacial score (nSPS) is 11.2. The highest BCUT2D eigenvalue weighted by atomic mass is 32.2. The SMILES string of the molecule is C#CCNS(=O)(=O)c1ccc(C(=O)Nc2ccccc2-c2nc3ccccc3[nH]2)cc1. The number of fused-ring (bicyclic) bond motifs is 1. The van der Waals surface area contributed by atoms with Crippen molar-refractivity contribution in [3.8, 4) is 23.7 Å². The minimum atomic E-state index is -3.72. The lowest BCUT2D eigenvalue weighted by Gasteiger charge is -2.10. The summed E-state index contributed by atoms with van der Waals surface area (Å²) in [4.78, 5) is 20.6. The molecule has 0 aliphatic rings. The molecule has 0 saturated heterocycles. The number of hydrogen-bond donors (Lipinski definition) is 3. The number of H-pyrrole nitrogens is 1. The molecule has 4 aromatic rings. The number of imidazole rings is 1. The molecule has 0 radical (unpaired) electrons. The Morgan fingerprint density at radius 3 is 2.45 bits per heavy atom. The van der Waals surface area contributed by atoms with E-state index in [2.05, 4.69) is 25.9 Å². The minimum absolute atomic E-state index is 0.0296. The molecule has 0 saturated carbocycles. The van der Waals surface area contributed by atoms with E-state index in [1.54, 1.807) is 6.07 Å². The number of nitrogens with zero attached hydrogens (tertiary/aromatic N) is 1. The van der Waals surface area contributed by atoms with Gasteiger partial charge in [0.1, 0.15) is 5.82 Å². The number of terminal acetylenes is 1. The van der Waals surface area contributed by atoms with Gasteiger partial charge >= 0.3 is 0 Å². The van der Waals surface area contributed by atoms with Gasteiger partial charge in [-0.3, -0.25) is 4.79 Å². The van der Waals surface area contributed by atoms with Gasteiger partial charge in [-0.15, -0.1) is 6.42 Å². The number of carbonyl (C=O) groups is 1. The van der Waals surface area contributed by atoms with E-state index in [1.807, 2.05) is 42.5 Å². The van der Waals surface area contributed by atoms with Crippen LogP contribution in [0.25, 0.3) is 22.4 Å². The zero-order valence-corrected chi connectivity index (χ0v) is 17.1. The zero-order chi connectivity index (χ0) is 21.8. The number of anilines is 1. The second-order valence-corrected chi connectivity index (χ2v) is 8.42. The second-order valence-electron chi connectivity index (χ2n) is 6.66. The summed E-state index contributed by atoms with van der Waals surface area (Å²) in [5.41, 5.74) is 3.36. The summed E-state index contributed by atoms with van der Waals surface area (Å²) in [6.45, 7) is -0.108. The van der Waals surface area contributed by atoms with Crippen molar-refractivity contribution in [3.05, 3.63) is 78.4 Å². The number of rotatable bonds is 6. The van der Waals surface area contributed by atoms with E-state index < -0.39 is 10.0 Å². The average molecular weight is 430 g/mol. The van der Waals surface area contributed by atoms with Crippen LogP contribution in [-0.2, 0) is 10.0 Å². The van der Waals surface area contributed by atoms with Crippen LogP contribution in [0.15, 0.2) is 77.7 Å². The van der Waals surface area contributed by atoms with E-state index in [0.717, 1.165) is 16.6 Å². The highest BCUT2D eigenvalue weighted by Crippen LogP contribution is 2.28. The maximum Gasteiger partial charge on any atom is 0.255 e. The number of aromatic amines is 1. The molecule has 0 aliphatic heterocycles. The summed E-state index contributed by atoms with van der Waals surface area (Å²) in [6, 6.07) is 20.6. The fourth-order valence-corrected chi connectivity index (χ4v) is 4.01. The van der Waals surface area contributed by atoms with Gasteiger partial charge in [0.25, 0.3) is 5.91 Å². The van der Waals surface area contributed by atoms with Gasteiger partial charge in [0.2, 0.25) is 10.0 Å². The maximum atomic E-state index is 12.8. The molecular formula is C23H18N4O3S. The number of hydrogen-bond acceptors (Lipinski definition) is 4. The van der Waals surface area contributed by atoms with Gasteiger partial charge in [-0.1, -0.05) is 30.2 Å². The first-order valence-electron chi connectivity index (χ1n) is 9.36. The largest absolute Gasteiger partial charge is 0.338 e. The molecule has 0 spiro atoms. The Morgan fingerprint density at radius 2 is 1.71 bits per heavy atom. The molecule has 1 heterocycles. The Balaban J connectivity index is 1.58. The predicted molar refractivity (Wildman–Crippen MR) is 120 cm³/mol. The number of sulfonamides is 1. The van der Waals surface area contributed by atoms with Gasteiger partial charge in [0, 0.05) is 11.1 Å². The summed E-state index contributed by atoms with van der Waals surface area (Å²) < 4.78 is 26.5. The minimum Gasteiger partial charge on any atom is -0.338 e. The molecule has 3 N–H and O–H groups in total. The number of benzene rings is 3. The predicted octanol–water partition coefficient (Wildman–Crippen LogP) is 3.39. The van der Waals surface area contributed by atoms with Gasteiger partial charge in [-0.2, -0.15) is 4.72 Å². The number of para-hydroxylation sites is 3. The van der Waals surface area contributed by atoms with E-state index >= 15 is 0 Å². The molecule has 1 amide bonds.